The van der Waals surface area contributed by atoms with E-state index in [4.69, 9.17) is 0 Å². The second-order valence-corrected chi connectivity index (χ2v) is 7.14. The van der Waals surface area contributed by atoms with E-state index in [9.17, 15) is 5.11 Å². The lowest BCUT2D eigenvalue weighted by atomic mass is 9.66. The Labute approximate surface area is 107 Å². The SMILES string of the molecule is CC1(C)CCCCC1C(O)CCC1CCCC1. The van der Waals surface area contributed by atoms with E-state index in [2.05, 4.69) is 13.8 Å². The summed E-state index contributed by atoms with van der Waals surface area (Å²) in [5.41, 5.74) is 0.368. The lowest BCUT2D eigenvalue weighted by Crippen LogP contribution is -2.37. The molecule has 2 aliphatic carbocycles. The molecule has 0 heterocycles. The van der Waals surface area contributed by atoms with Gasteiger partial charge in [-0.05, 0) is 42.9 Å². The van der Waals surface area contributed by atoms with Crippen LogP contribution < -0.4 is 0 Å². The molecule has 1 nitrogen and oxygen atoms in total. The minimum absolute atomic E-state index is 0.0362. The Hall–Kier alpha value is -0.0400. The number of aliphatic hydroxyl groups excluding tert-OH is 1. The lowest BCUT2D eigenvalue weighted by molar-refractivity contribution is -0.00231. The summed E-state index contributed by atoms with van der Waals surface area (Å²) in [4.78, 5) is 0. The fourth-order valence-electron chi connectivity index (χ4n) is 4.14. The second-order valence-electron chi connectivity index (χ2n) is 7.14. The second kappa shape index (κ2) is 5.73. The van der Waals surface area contributed by atoms with Gasteiger partial charge >= 0.3 is 0 Å². The molecule has 2 aliphatic rings. The number of hydrogen-bond acceptors (Lipinski definition) is 1. The molecular weight excluding hydrogens is 208 g/mol. The van der Waals surface area contributed by atoms with Crippen molar-refractivity contribution in [3.05, 3.63) is 0 Å². The van der Waals surface area contributed by atoms with Crippen LogP contribution in [0.1, 0.15) is 78.1 Å². The van der Waals surface area contributed by atoms with Gasteiger partial charge in [0.2, 0.25) is 0 Å². The van der Waals surface area contributed by atoms with Crippen molar-refractivity contribution in [3.8, 4) is 0 Å². The Balaban J connectivity index is 1.79. The first-order chi connectivity index (χ1) is 8.09. The van der Waals surface area contributed by atoms with Gasteiger partial charge in [-0.2, -0.15) is 0 Å². The first-order valence-corrected chi connectivity index (χ1v) is 7.78. The Morgan fingerprint density at radius 1 is 1.06 bits per heavy atom. The molecule has 1 N–H and O–H groups in total. The van der Waals surface area contributed by atoms with E-state index in [1.165, 1.54) is 57.8 Å². The van der Waals surface area contributed by atoms with Gasteiger partial charge in [0, 0.05) is 0 Å². The van der Waals surface area contributed by atoms with Crippen molar-refractivity contribution < 1.29 is 5.11 Å². The average Bonchev–Trinajstić information content (AvgIpc) is 2.78. The van der Waals surface area contributed by atoms with E-state index in [-0.39, 0.29) is 6.10 Å². The summed E-state index contributed by atoms with van der Waals surface area (Å²) in [6, 6.07) is 0. The van der Waals surface area contributed by atoms with Crippen molar-refractivity contribution in [1.29, 1.82) is 0 Å². The predicted molar refractivity (Wildman–Crippen MR) is 72.9 cm³/mol. The Morgan fingerprint density at radius 2 is 1.71 bits per heavy atom. The van der Waals surface area contributed by atoms with E-state index < -0.39 is 0 Å². The molecule has 0 aliphatic heterocycles. The number of rotatable bonds is 4. The minimum Gasteiger partial charge on any atom is -0.393 e. The molecule has 2 rings (SSSR count). The van der Waals surface area contributed by atoms with Gasteiger partial charge in [-0.25, -0.2) is 0 Å². The number of hydrogen-bond donors (Lipinski definition) is 1. The first-order valence-electron chi connectivity index (χ1n) is 7.78. The van der Waals surface area contributed by atoms with Crippen LogP contribution in [-0.2, 0) is 0 Å². The summed E-state index contributed by atoms with van der Waals surface area (Å²) in [6.45, 7) is 4.71. The minimum atomic E-state index is -0.0362. The van der Waals surface area contributed by atoms with Gasteiger partial charge in [-0.15, -0.1) is 0 Å². The van der Waals surface area contributed by atoms with Crippen LogP contribution in [0.5, 0.6) is 0 Å². The van der Waals surface area contributed by atoms with E-state index in [1.807, 2.05) is 0 Å². The molecule has 0 aromatic carbocycles. The zero-order chi connectivity index (χ0) is 12.3. The summed E-state index contributed by atoms with van der Waals surface area (Å²) < 4.78 is 0. The van der Waals surface area contributed by atoms with Crippen LogP contribution in [-0.4, -0.2) is 11.2 Å². The number of aliphatic hydroxyl groups is 1. The molecule has 2 unspecified atom stereocenters. The average molecular weight is 238 g/mol. The Bertz CT molecular complexity index is 228. The third kappa shape index (κ3) is 3.47. The van der Waals surface area contributed by atoms with Crippen molar-refractivity contribution in [2.24, 2.45) is 17.3 Å². The van der Waals surface area contributed by atoms with Crippen LogP contribution in [0.15, 0.2) is 0 Å². The molecule has 0 radical (unpaired) electrons. The molecule has 100 valence electrons. The van der Waals surface area contributed by atoms with Gasteiger partial charge in [-0.3, -0.25) is 0 Å². The lowest BCUT2D eigenvalue weighted by Gasteiger charge is -2.41. The third-order valence-corrected chi connectivity index (χ3v) is 5.40. The molecule has 0 aromatic heterocycles. The molecule has 0 aromatic rings. The highest BCUT2D eigenvalue weighted by atomic mass is 16.3. The van der Waals surface area contributed by atoms with Crippen molar-refractivity contribution in [1.82, 2.24) is 0 Å². The van der Waals surface area contributed by atoms with Gasteiger partial charge in [0.15, 0.2) is 0 Å². The summed E-state index contributed by atoms with van der Waals surface area (Å²) in [5.74, 6) is 1.48. The molecule has 1 heteroatoms. The van der Waals surface area contributed by atoms with E-state index in [1.54, 1.807) is 0 Å². The zero-order valence-corrected chi connectivity index (χ0v) is 11.8. The summed E-state index contributed by atoms with van der Waals surface area (Å²) >= 11 is 0. The fraction of sp³-hybridized carbons (Fsp3) is 1.00. The van der Waals surface area contributed by atoms with Gasteiger partial charge in [0.05, 0.1) is 6.10 Å². The molecule has 2 saturated carbocycles. The molecular formula is C16H30O. The maximum absolute atomic E-state index is 10.5. The van der Waals surface area contributed by atoms with Crippen molar-refractivity contribution in [2.45, 2.75) is 84.2 Å². The zero-order valence-electron chi connectivity index (χ0n) is 11.8. The summed E-state index contributed by atoms with van der Waals surface area (Å²) in [7, 11) is 0. The van der Waals surface area contributed by atoms with Crippen molar-refractivity contribution >= 4 is 0 Å². The van der Waals surface area contributed by atoms with E-state index in [0.29, 0.717) is 11.3 Å². The molecule has 0 spiro atoms. The van der Waals surface area contributed by atoms with Crippen LogP contribution in [0.4, 0.5) is 0 Å². The van der Waals surface area contributed by atoms with Gasteiger partial charge < -0.3 is 5.11 Å². The monoisotopic (exact) mass is 238 g/mol. The standard InChI is InChI=1S/C16H30O/c1-16(2)12-6-5-9-14(16)15(17)11-10-13-7-3-4-8-13/h13-15,17H,3-12H2,1-2H3. The van der Waals surface area contributed by atoms with Crippen molar-refractivity contribution in [2.75, 3.05) is 0 Å². The van der Waals surface area contributed by atoms with Crippen LogP contribution in [0.3, 0.4) is 0 Å². The third-order valence-electron chi connectivity index (χ3n) is 5.40. The van der Waals surface area contributed by atoms with E-state index >= 15 is 0 Å². The molecule has 0 bridgehead atoms. The Morgan fingerprint density at radius 3 is 2.35 bits per heavy atom. The summed E-state index contributed by atoms with van der Waals surface area (Å²) in [6.07, 6.45) is 13.2. The van der Waals surface area contributed by atoms with Crippen LogP contribution in [0.2, 0.25) is 0 Å². The highest BCUT2D eigenvalue weighted by Gasteiger charge is 2.36. The molecule has 0 amide bonds. The maximum atomic E-state index is 10.5. The van der Waals surface area contributed by atoms with Crippen LogP contribution >= 0.6 is 0 Å². The fourth-order valence-corrected chi connectivity index (χ4v) is 4.14. The molecule has 2 atom stereocenters. The van der Waals surface area contributed by atoms with E-state index in [0.717, 1.165) is 12.3 Å². The summed E-state index contributed by atoms with van der Waals surface area (Å²) in [5, 5.41) is 10.5. The van der Waals surface area contributed by atoms with Gasteiger partial charge in [-0.1, -0.05) is 52.4 Å². The predicted octanol–water partition coefficient (Wildman–Crippen LogP) is 4.53. The highest BCUT2D eigenvalue weighted by molar-refractivity contribution is 4.87. The highest BCUT2D eigenvalue weighted by Crippen LogP contribution is 2.43. The van der Waals surface area contributed by atoms with Crippen LogP contribution in [0.25, 0.3) is 0 Å². The molecule has 17 heavy (non-hydrogen) atoms. The smallest absolute Gasteiger partial charge is 0.0573 e. The van der Waals surface area contributed by atoms with Gasteiger partial charge in [0.25, 0.3) is 0 Å². The topological polar surface area (TPSA) is 20.2 Å². The first kappa shape index (κ1) is 13.4. The van der Waals surface area contributed by atoms with Crippen molar-refractivity contribution in [3.63, 3.8) is 0 Å². The Kier molecular flexibility index (Phi) is 4.52. The largest absolute Gasteiger partial charge is 0.393 e. The maximum Gasteiger partial charge on any atom is 0.0573 e. The molecule has 2 fully saturated rings. The normalized spacial score (nSPS) is 31.6. The van der Waals surface area contributed by atoms with Crippen LogP contribution in [0, 0.1) is 17.3 Å². The molecule has 0 saturated heterocycles. The quantitative estimate of drug-likeness (QED) is 0.762. The van der Waals surface area contributed by atoms with Gasteiger partial charge in [0.1, 0.15) is 0 Å².